The molecule has 7 heteroatoms. The van der Waals surface area contributed by atoms with Crippen LogP contribution in [0.25, 0.3) is 0 Å². The summed E-state index contributed by atoms with van der Waals surface area (Å²) in [4.78, 5) is 29.4. The van der Waals surface area contributed by atoms with Crippen LogP contribution in [-0.2, 0) is 4.79 Å². The molecule has 0 unspecified atom stereocenters. The second-order valence-electron chi connectivity index (χ2n) is 4.89. The summed E-state index contributed by atoms with van der Waals surface area (Å²) in [6.07, 6.45) is 1.44. The van der Waals surface area contributed by atoms with Gasteiger partial charge in [-0.25, -0.2) is 4.98 Å². The molecule has 1 heterocycles. The molecule has 1 aromatic carbocycles. The quantitative estimate of drug-likeness (QED) is 0.912. The van der Waals surface area contributed by atoms with Crippen molar-refractivity contribution >= 4 is 29.2 Å². The van der Waals surface area contributed by atoms with Gasteiger partial charge < -0.3 is 15.0 Å². The van der Waals surface area contributed by atoms with Crippen LogP contribution in [0.3, 0.4) is 0 Å². The molecule has 0 aliphatic rings. The SMILES string of the molecule is CN(C)C(=O)COc1ccccc1C(=O)Nc1ccc(Cl)cn1. The Hall–Kier alpha value is -2.60. The largest absolute Gasteiger partial charge is 0.483 e. The van der Waals surface area contributed by atoms with E-state index in [-0.39, 0.29) is 18.4 Å². The van der Waals surface area contributed by atoms with E-state index < -0.39 is 0 Å². The van der Waals surface area contributed by atoms with Gasteiger partial charge in [0, 0.05) is 20.3 Å². The average molecular weight is 334 g/mol. The first kappa shape index (κ1) is 16.8. The minimum absolute atomic E-state index is 0.142. The fourth-order valence-corrected chi connectivity index (χ4v) is 1.79. The molecule has 0 aliphatic carbocycles. The van der Waals surface area contributed by atoms with Gasteiger partial charge >= 0.3 is 0 Å². The first-order chi connectivity index (χ1) is 11.0. The van der Waals surface area contributed by atoms with Gasteiger partial charge in [0.1, 0.15) is 11.6 Å². The number of halogens is 1. The van der Waals surface area contributed by atoms with Crippen molar-refractivity contribution in [1.29, 1.82) is 0 Å². The molecule has 0 aliphatic heterocycles. The summed E-state index contributed by atoms with van der Waals surface area (Å²) in [6, 6.07) is 9.91. The lowest BCUT2D eigenvalue weighted by molar-refractivity contribution is -0.130. The zero-order valence-electron chi connectivity index (χ0n) is 12.7. The van der Waals surface area contributed by atoms with Gasteiger partial charge in [0.25, 0.3) is 11.8 Å². The molecule has 120 valence electrons. The fraction of sp³-hybridized carbons (Fsp3) is 0.188. The molecule has 6 nitrogen and oxygen atoms in total. The van der Waals surface area contributed by atoms with Gasteiger partial charge in [-0.2, -0.15) is 0 Å². The van der Waals surface area contributed by atoms with Crippen molar-refractivity contribution in [2.45, 2.75) is 0 Å². The molecule has 0 bridgehead atoms. The van der Waals surface area contributed by atoms with Crippen LogP contribution in [0.5, 0.6) is 5.75 Å². The van der Waals surface area contributed by atoms with Crippen LogP contribution in [-0.4, -0.2) is 42.4 Å². The van der Waals surface area contributed by atoms with E-state index in [9.17, 15) is 9.59 Å². The van der Waals surface area contributed by atoms with Crippen LogP contribution in [0.2, 0.25) is 5.02 Å². The van der Waals surface area contributed by atoms with E-state index in [2.05, 4.69) is 10.3 Å². The van der Waals surface area contributed by atoms with E-state index in [4.69, 9.17) is 16.3 Å². The summed E-state index contributed by atoms with van der Waals surface area (Å²) < 4.78 is 5.44. The maximum Gasteiger partial charge on any atom is 0.260 e. The Kier molecular flexibility index (Phi) is 5.54. The Morgan fingerprint density at radius 1 is 1.22 bits per heavy atom. The highest BCUT2D eigenvalue weighted by Crippen LogP contribution is 2.19. The second-order valence-corrected chi connectivity index (χ2v) is 5.33. The van der Waals surface area contributed by atoms with E-state index in [0.29, 0.717) is 22.2 Å². The Bertz CT molecular complexity index is 702. The highest BCUT2D eigenvalue weighted by Gasteiger charge is 2.14. The molecular formula is C16H16ClN3O3. The van der Waals surface area contributed by atoms with E-state index >= 15 is 0 Å². The van der Waals surface area contributed by atoms with Crippen LogP contribution in [0.1, 0.15) is 10.4 Å². The molecule has 1 N–H and O–H groups in total. The van der Waals surface area contributed by atoms with E-state index in [1.165, 1.54) is 11.1 Å². The number of carbonyl (C=O) groups excluding carboxylic acids is 2. The number of rotatable bonds is 5. The number of likely N-dealkylation sites (N-methyl/N-ethyl adjacent to an activating group) is 1. The van der Waals surface area contributed by atoms with E-state index in [0.717, 1.165) is 0 Å². The number of ether oxygens (including phenoxy) is 1. The Labute approximate surface area is 139 Å². The molecule has 1 aromatic heterocycles. The number of hydrogen-bond acceptors (Lipinski definition) is 4. The maximum atomic E-state index is 12.3. The third-order valence-electron chi connectivity index (χ3n) is 2.95. The van der Waals surface area contributed by atoms with Crippen molar-refractivity contribution in [3.05, 3.63) is 53.2 Å². The maximum absolute atomic E-state index is 12.3. The predicted octanol–water partition coefficient (Wildman–Crippen LogP) is 2.45. The van der Waals surface area contributed by atoms with E-state index in [1.54, 1.807) is 50.5 Å². The topological polar surface area (TPSA) is 71.5 Å². The zero-order valence-corrected chi connectivity index (χ0v) is 13.5. The van der Waals surface area contributed by atoms with Crippen LogP contribution >= 0.6 is 11.6 Å². The molecule has 2 aromatic rings. The number of nitrogens with one attached hydrogen (secondary N) is 1. The number of aromatic nitrogens is 1. The number of anilines is 1. The van der Waals surface area contributed by atoms with Gasteiger partial charge in [-0.05, 0) is 24.3 Å². The number of nitrogens with zero attached hydrogens (tertiary/aromatic N) is 2. The average Bonchev–Trinajstić information content (AvgIpc) is 2.54. The molecule has 0 radical (unpaired) electrons. The van der Waals surface area contributed by atoms with Crippen LogP contribution in [0.15, 0.2) is 42.6 Å². The normalized spacial score (nSPS) is 10.0. The molecule has 23 heavy (non-hydrogen) atoms. The molecule has 0 fully saturated rings. The Morgan fingerprint density at radius 3 is 2.61 bits per heavy atom. The van der Waals surface area contributed by atoms with Gasteiger partial charge in [0.15, 0.2) is 6.61 Å². The Balaban J connectivity index is 2.11. The summed E-state index contributed by atoms with van der Waals surface area (Å²) in [5.74, 6) is 0.125. The molecule has 0 saturated carbocycles. The summed E-state index contributed by atoms with van der Waals surface area (Å²) in [6.45, 7) is -0.142. The van der Waals surface area contributed by atoms with Crippen molar-refractivity contribution < 1.29 is 14.3 Å². The first-order valence-electron chi connectivity index (χ1n) is 6.82. The van der Waals surface area contributed by atoms with Crippen molar-refractivity contribution in [3.63, 3.8) is 0 Å². The van der Waals surface area contributed by atoms with Crippen molar-refractivity contribution in [3.8, 4) is 5.75 Å². The van der Waals surface area contributed by atoms with Gasteiger partial charge in [-0.3, -0.25) is 9.59 Å². The summed E-state index contributed by atoms with van der Waals surface area (Å²) in [5, 5.41) is 3.13. The van der Waals surface area contributed by atoms with Crippen LogP contribution < -0.4 is 10.1 Å². The number of para-hydroxylation sites is 1. The summed E-state index contributed by atoms with van der Waals surface area (Å²) in [7, 11) is 3.27. The van der Waals surface area contributed by atoms with Crippen molar-refractivity contribution in [2.75, 3.05) is 26.0 Å². The van der Waals surface area contributed by atoms with Gasteiger partial charge in [-0.15, -0.1) is 0 Å². The third kappa shape index (κ3) is 4.69. The number of benzene rings is 1. The van der Waals surface area contributed by atoms with E-state index in [1.807, 2.05) is 0 Å². The predicted molar refractivity (Wildman–Crippen MR) is 87.8 cm³/mol. The zero-order chi connectivity index (χ0) is 16.8. The van der Waals surface area contributed by atoms with Gasteiger partial charge in [-0.1, -0.05) is 23.7 Å². The van der Waals surface area contributed by atoms with Crippen molar-refractivity contribution in [1.82, 2.24) is 9.88 Å². The summed E-state index contributed by atoms with van der Waals surface area (Å²) in [5.41, 5.74) is 0.316. The highest BCUT2D eigenvalue weighted by molar-refractivity contribution is 6.30. The molecule has 2 amide bonds. The highest BCUT2D eigenvalue weighted by atomic mass is 35.5. The first-order valence-corrected chi connectivity index (χ1v) is 7.20. The fourth-order valence-electron chi connectivity index (χ4n) is 1.68. The van der Waals surface area contributed by atoms with Gasteiger partial charge in [0.05, 0.1) is 10.6 Å². The smallest absolute Gasteiger partial charge is 0.260 e. The molecule has 0 atom stereocenters. The number of pyridine rings is 1. The number of carbonyl (C=O) groups is 2. The monoisotopic (exact) mass is 333 g/mol. The summed E-state index contributed by atoms with van der Waals surface area (Å²) >= 11 is 5.76. The lowest BCUT2D eigenvalue weighted by atomic mass is 10.2. The molecule has 0 spiro atoms. The molecule has 2 rings (SSSR count). The van der Waals surface area contributed by atoms with Crippen molar-refractivity contribution in [2.24, 2.45) is 0 Å². The lowest BCUT2D eigenvalue weighted by Crippen LogP contribution is -2.28. The number of amides is 2. The Morgan fingerprint density at radius 2 is 1.96 bits per heavy atom. The number of hydrogen-bond donors (Lipinski definition) is 1. The standard InChI is InChI=1S/C16H16ClN3O3/c1-20(2)15(21)10-23-13-6-4-3-5-12(13)16(22)19-14-8-7-11(17)9-18-14/h3-9H,10H2,1-2H3,(H,18,19,22). The van der Waals surface area contributed by atoms with Crippen LogP contribution in [0, 0.1) is 0 Å². The second kappa shape index (κ2) is 7.60. The third-order valence-corrected chi connectivity index (χ3v) is 3.17. The van der Waals surface area contributed by atoms with Gasteiger partial charge in [0.2, 0.25) is 0 Å². The minimum Gasteiger partial charge on any atom is -0.483 e. The molecule has 0 saturated heterocycles. The van der Waals surface area contributed by atoms with Crippen LogP contribution in [0.4, 0.5) is 5.82 Å². The minimum atomic E-state index is -0.382. The lowest BCUT2D eigenvalue weighted by Gasteiger charge is -2.13. The molecular weight excluding hydrogens is 318 g/mol.